The van der Waals surface area contributed by atoms with Gasteiger partial charge in [-0.15, -0.1) is 0 Å². The van der Waals surface area contributed by atoms with Crippen LogP contribution in [0.3, 0.4) is 0 Å². The number of nitrogens with one attached hydrogen (secondary N) is 1. The summed E-state index contributed by atoms with van der Waals surface area (Å²) in [5.41, 5.74) is 0.623. The number of hydrogen-bond donors (Lipinski definition) is 1. The van der Waals surface area contributed by atoms with Gasteiger partial charge in [-0.1, -0.05) is 13.8 Å². The van der Waals surface area contributed by atoms with E-state index in [1.54, 1.807) is 13.2 Å². The highest BCUT2D eigenvalue weighted by molar-refractivity contribution is 9.10. The molecular formula is C11H19BrN4O. The fourth-order valence-corrected chi connectivity index (χ4v) is 2.02. The summed E-state index contributed by atoms with van der Waals surface area (Å²) in [6.07, 6.45) is 1.66. The summed E-state index contributed by atoms with van der Waals surface area (Å²) in [4.78, 5) is 13.9. The molecular weight excluding hydrogens is 284 g/mol. The Morgan fingerprint density at radius 2 is 2.12 bits per heavy atom. The number of anilines is 1. The van der Waals surface area contributed by atoms with Crippen LogP contribution in [0.2, 0.25) is 0 Å². The lowest BCUT2D eigenvalue weighted by Gasteiger charge is -2.18. The number of aromatic nitrogens is 2. The van der Waals surface area contributed by atoms with Crippen molar-refractivity contribution in [2.24, 2.45) is 7.05 Å². The number of likely N-dealkylation sites (N-methyl/N-ethyl adjacent to an activating group) is 1. The topological polar surface area (TPSA) is 50.2 Å². The summed E-state index contributed by atoms with van der Waals surface area (Å²) in [6.45, 7) is 8.10. The minimum absolute atomic E-state index is 0.127. The van der Waals surface area contributed by atoms with Crippen LogP contribution in [-0.2, 0) is 7.05 Å². The fraction of sp³-hybridized carbons (Fsp3) is 0.636. The Labute approximate surface area is 110 Å². The van der Waals surface area contributed by atoms with Crippen molar-refractivity contribution < 1.29 is 0 Å². The number of nitrogens with zero attached hydrogens (tertiary/aromatic N) is 3. The minimum atomic E-state index is -0.127. The normalized spacial score (nSPS) is 10.9. The molecule has 0 spiro atoms. The van der Waals surface area contributed by atoms with Gasteiger partial charge in [0.05, 0.1) is 11.9 Å². The van der Waals surface area contributed by atoms with Crippen molar-refractivity contribution in [2.75, 3.05) is 31.5 Å². The Balaban J connectivity index is 2.59. The zero-order chi connectivity index (χ0) is 12.8. The quantitative estimate of drug-likeness (QED) is 0.860. The van der Waals surface area contributed by atoms with E-state index in [4.69, 9.17) is 0 Å². The molecule has 0 atom stereocenters. The Morgan fingerprint density at radius 1 is 1.47 bits per heavy atom. The van der Waals surface area contributed by atoms with E-state index < -0.39 is 0 Å². The predicted octanol–water partition coefficient (Wildman–Crippen LogP) is 1.30. The van der Waals surface area contributed by atoms with E-state index in [2.05, 4.69) is 45.1 Å². The molecule has 0 aliphatic carbocycles. The Hall–Kier alpha value is -0.880. The number of hydrogen-bond acceptors (Lipinski definition) is 4. The van der Waals surface area contributed by atoms with Gasteiger partial charge in [-0.25, -0.2) is 4.68 Å². The van der Waals surface area contributed by atoms with Crippen LogP contribution in [0.1, 0.15) is 13.8 Å². The first-order valence-corrected chi connectivity index (χ1v) is 6.57. The molecule has 0 aromatic carbocycles. The molecule has 0 amide bonds. The smallest absolute Gasteiger partial charge is 0.282 e. The summed E-state index contributed by atoms with van der Waals surface area (Å²) in [6, 6.07) is 0. The van der Waals surface area contributed by atoms with E-state index in [-0.39, 0.29) is 5.56 Å². The molecule has 5 nitrogen and oxygen atoms in total. The molecule has 1 N–H and O–H groups in total. The lowest BCUT2D eigenvalue weighted by atomic mass is 10.4. The van der Waals surface area contributed by atoms with Crippen molar-refractivity contribution in [1.29, 1.82) is 0 Å². The van der Waals surface area contributed by atoms with E-state index in [0.29, 0.717) is 4.47 Å². The Bertz CT molecular complexity index is 414. The minimum Gasteiger partial charge on any atom is -0.381 e. The van der Waals surface area contributed by atoms with E-state index in [1.807, 2.05) is 0 Å². The first-order chi connectivity index (χ1) is 8.10. The second-order valence-corrected chi connectivity index (χ2v) is 4.55. The van der Waals surface area contributed by atoms with Crippen LogP contribution < -0.4 is 10.9 Å². The Kier molecular flexibility index (Phi) is 5.64. The fourth-order valence-electron chi connectivity index (χ4n) is 1.52. The summed E-state index contributed by atoms with van der Waals surface area (Å²) in [7, 11) is 1.63. The molecule has 0 aliphatic heterocycles. The van der Waals surface area contributed by atoms with Crippen molar-refractivity contribution in [2.45, 2.75) is 13.8 Å². The molecule has 0 fully saturated rings. The van der Waals surface area contributed by atoms with Crippen LogP contribution in [0.25, 0.3) is 0 Å². The van der Waals surface area contributed by atoms with Gasteiger partial charge in [-0.05, 0) is 29.0 Å². The average Bonchev–Trinajstić information content (AvgIpc) is 2.34. The van der Waals surface area contributed by atoms with Crippen LogP contribution in [0.5, 0.6) is 0 Å². The monoisotopic (exact) mass is 302 g/mol. The summed E-state index contributed by atoms with van der Waals surface area (Å²) in [5, 5.41) is 7.19. The standard InChI is InChI=1S/C11H19BrN4O/c1-4-16(5-2)7-6-13-9-8-14-15(3)11(17)10(9)12/h8,13H,4-7H2,1-3H3. The molecule has 0 aliphatic rings. The third-order valence-corrected chi connectivity index (χ3v) is 3.48. The highest BCUT2D eigenvalue weighted by atomic mass is 79.9. The van der Waals surface area contributed by atoms with Gasteiger partial charge in [0.15, 0.2) is 0 Å². The van der Waals surface area contributed by atoms with Gasteiger partial charge in [0.1, 0.15) is 4.47 Å². The van der Waals surface area contributed by atoms with Crippen molar-refractivity contribution >= 4 is 21.6 Å². The first-order valence-electron chi connectivity index (χ1n) is 5.78. The van der Waals surface area contributed by atoms with Gasteiger partial charge < -0.3 is 10.2 Å². The molecule has 1 rings (SSSR count). The third-order valence-electron chi connectivity index (χ3n) is 2.72. The maximum absolute atomic E-state index is 11.6. The molecule has 6 heteroatoms. The second-order valence-electron chi connectivity index (χ2n) is 3.75. The lowest BCUT2D eigenvalue weighted by molar-refractivity contribution is 0.316. The van der Waals surface area contributed by atoms with Crippen LogP contribution >= 0.6 is 15.9 Å². The average molecular weight is 303 g/mol. The predicted molar refractivity (Wildman–Crippen MR) is 73.5 cm³/mol. The van der Waals surface area contributed by atoms with E-state index in [9.17, 15) is 4.79 Å². The largest absolute Gasteiger partial charge is 0.381 e. The van der Waals surface area contributed by atoms with Gasteiger partial charge in [0, 0.05) is 20.1 Å². The summed E-state index contributed by atoms with van der Waals surface area (Å²) < 4.78 is 1.84. The van der Waals surface area contributed by atoms with Crippen molar-refractivity contribution in [3.05, 3.63) is 21.0 Å². The van der Waals surface area contributed by atoms with Crippen molar-refractivity contribution in [1.82, 2.24) is 14.7 Å². The van der Waals surface area contributed by atoms with Crippen molar-refractivity contribution in [3.63, 3.8) is 0 Å². The SMILES string of the molecule is CCN(CC)CCNc1cnn(C)c(=O)c1Br. The molecule has 96 valence electrons. The molecule has 1 aromatic heterocycles. The van der Waals surface area contributed by atoms with Gasteiger partial charge in [0.25, 0.3) is 5.56 Å². The number of aryl methyl sites for hydroxylation is 1. The number of rotatable bonds is 6. The molecule has 17 heavy (non-hydrogen) atoms. The van der Waals surface area contributed by atoms with Gasteiger partial charge >= 0.3 is 0 Å². The molecule has 0 radical (unpaired) electrons. The van der Waals surface area contributed by atoms with Crippen molar-refractivity contribution in [3.8, 4) is 0 Å². The summed E-state index contributed by atoms with van der Waals surface area (Å²) in [5.74, 6) is 0. The maximum Gasteiger partial charge on any atom is 0.282 e. The zero-order valence-corrected chi connectivity index (χ0v) is 12.1. The van der Waals surface area contributed by atoms with Gasteiger partial charge in [-0.3, -0.25) is 4.79 Å². The van der Waals surface area contributed by atoms with Gasteiger partial charge in [0.2, 0.25) is 0 Å². The van der Waals surface area contributed by atoms with E-state index in [0.717, 1.165) is 31.9 Å². The first kappa shape index (κ1) is 14.2. The van der Waals surface area contributed by atoms with E-state index >= 15 is 0 Å². The van der Waals surface area contributed by atoms with Gasteiger partial charge in [-0.2, -0.15) is 5.10 Å². The number of halogens is 1. The molecule has 0 unspecified atom stereocenters. The Morgan fingerprint density at radius 3 is 2.71 bits per heavy atom. The maximum atomic E-state index is 11.6. The third kappa shape index (κ3) is 3.81. The molecule has 0 saturated heterocycles. The van der Waals surface area contributed by atoms with Crippen LogP contribution in [0, 0.1) is 0 Å². The zero-order valence-electron chi connectivity index (χ0n) is 10.5. The highest BCUT2D eigenvalue weighted by Gasteiger charge is 2.06. The summed E-state index contributed by atoms with van der Waals surface area (Å²) >= 11 is 3.28. The lowest BCUT2D eigenvalue weighted by Crippen LogP contribution is -2.29. The van der Waals surface area contributed by atoms with E-state index in [1.165, 1.54) is 4.68 Å². The second kappa shape index (κ2) is 6.76. The highest BCUT2D eigenvalue weighted by Crippen LogP contribution is 2.15. The van der Waals surface area contributed by atoms with Crippen LogP contribution in [0.4, 0.5) is 5.69 Å². The molecule has 1 heterocycles. The molecule has 0 saturated carbocycles. The molecule has 1 aromatic rings. The molecule has 0 bridgehead atoms. The van der Waals surface area contributed by atoms with Crippen LogP contribution in [-0.4, -0.2) is 40.9 Å². The van der Waals surface area contributed by atoms with Crippen LogP contribution in [0.15, 0.2) is 15.5 Å².